The van der Waals surface area contributed by atoms with Crippen molar-refractivity contribution in [2.45, 2.75) is 37.9 Å². The van der Waals surface area contributed by atoms with Gasteiger partial charge >= 0.3 is 5.97 Å². The molecule has 1 aliphatic rings. The van der Waals surface area contributed by atoms with Gasteiger partial charge in [0.2, 0.25) is 0 Å². The standard InChI is InChI=1S/C22H27FO5/c23-17-8-11-19(12-9-17)28-15-18(24)10-13-20-16(7-14-21(20)25)5-3-1-2-4-6-22(26)27/h1,3,7-14,16,18,20-21,24-25H,2,4-6,15H2,(H,26,27)/t16-,18?,20+,21+/m0/s1. The van der Waals surface area contributed by atoms with Gasteiger partial charge in [-0.1, -0.05) is 36.5 Å². The average molecular weight is 390 g/mol. The minimum atomic E-state index is -0.843. The monoisotopic (exact) mass is 390 g/mol. The number of carboxylic acid groups (broad SMARTS) is 1. The molecule has 1 aromatic carbocycles. The van der Waals surface area contributed by atoms with Crippen LogP contribution >= 0.6 is 0 Å². The summed E-state index contributed by atoms with van der Waals surface area (Å²) < 4.78 is 18.3. The summed E-state index contributed by atoms with van der Waals surface area (Å²) in [6, 6.07) is 5.57. The molecule has 0 amide bonds. The summed E-state index contributed by atoms with van der Waals surface area (Å²) in [5.41, 5.74) is 0. The highest BCUT2D eigenvalue weighted by Gasteiger charge is 2.27. The number of carboxylic acids is 1. The average Bonchev–Trinajstić information content (AvgIpc) is 3.01. The van der Waals surface area contributed by atoms with Crippen LogP contribution in [0.4, 0.5) is 4.39 Å². The molecule has 6 heteroatoms. The van der Waals surface area contributed by atoms with Crippen LogP contribution in [0, 0.1) is 17.7 Å². The lowest BCUT2D eigenvalue weighted by molar-refractivity contribution is -0.137. The Morgan fingerprint density at radius 2 is 1.96 bits per heavy atom. The number of carbonyl (C=O) groups is 1. The molecule has 0 bridgehead atoms. The molecule has 2 rings (SSSR count). The number of benzene rings is 1. The number of unbranched alkanes of at least 4 members (excludes halogenated alkanes) is 1. The fourth-order valence-electron chi connectivity index (χ4n) is 3.03. The molecule has 152 valence electrons. The molecule has 1 aliphatic carbocycles. The third-order valence-electron chi connectivity index (χ3n) is 4.57. The lowest BCUT2D eigenvalue weighted by Gasteiger charge is -2.18. The van der Waals surface area contributed by atoms with Gasteiger partial charge in [0.25, 0.3) is 0 Å². The topological polar surface area (TPSA) is 87.0 Å². The Balaban J connectivity index is 1.76. The molecular formula is C22H27FO5. The van der Waals surface area contributed by atoms with E-state index in [0.717, 1.165) is 6.42 Å². The fraction of sp³-hybridized carbons (Fsp3) is 0.409. The Hall–Kier alpha value is -2.44. The second-order valence-corrected chi connectivity index (χ2v) is 6.83. The van der Waals surface area contributed by atoms with Crippen LogP contribution in [0.1, 0.15) is 25.7 Å². The maximum atomic E-state index is 12.9. The largest absolute Gasteiger partial charge is 0.491 e. The van der Waals surface area contributed by atoms with Crippen molar-refractivity contribution in [1.82, 2.24) is 0 Å². The Kier molecular flexibility index (Phi) is 8.91. The first-order valence-corrected chi connectivity index (χ1v) is 9.43. The third kappa shape index (κ3) is 7.66. The zero-order chi connectivity index (χ0) is 20.4. The van der Waals surface area contributed by atoms with E-state index in [1.165, 1.54) is 24.3 Å². The van der Waals surface area contributed by atoms with Gasteiger partial charge in [0, 0.05) is 12.3 Å². The number of aliphatic hydroxyl groups is 2. The molecule has 28 heavy (non-hydrogen) atoms. The van der Waals surface area contributed by atoms with Crippen LogP contribution in [0.15, 0.2) is 60.7 Å². The van der Waals surface area contributed by atoms with E-state index in [4.69, 9.17) is 9.84 Å². The maximum absolute atomic E-state index is 12.9. The minimum absolute atomic E-state index is 0.0342. The summed E-state index contributed by atoms with van der Waals surface area (Å²) in [7, 11) is 0. The Labute approximate surface area is 164 Å². The van der Waals surface area contributed by atoms with Crippen LogP contribution in [0.2, 0.25) is 0 Å². The highest BCUT2D eigenvalue weighted by atomic mass is 19.1. The van der Waals surface area contributed by atoms with Crippen LogP contribution in [0.5, 0.6) is 5.75 Å². The quantitative estimate of drug-likeness (QED) is 0.398. The third-order valence-corrected chi connectivity index (χ3v) is 4.57. The molecule has 0 heterocycles. The van der Waals surface area contributed by atoms with E-state index in [9.17, 15) is 19.4 Å². The lowest BCUT2D eigenvalue weighted by atomic mass is 9.90. The van der Waals surface area contributed by atoms with Gasteiger partial charge in [-0.2, -0.15) is 0 Å². The Morgan fingerprint density at radius 1 is 1.21 bits per heavy atom. The van der Waals surface area contributed by atoms with E-state index in [1.807, 2.05) is 18.2 Å². The number of hydrogen-bond donors (Lipinski definition) is 3. The number of aliphatic carboxylic acids is 1. The van der Waals surface area contributed by atoms with E-state index in [-0.39, 0.29) is 30.7 Å². The molecule has 3 N–H and O–H groups in total. The van der Waals surface area contributed by atoms with Crippen LogP contribution in [-0.4, -0.2) is 40.1 Å². The van der Waals surface area contributed by atoms with Crippen molar-refractivity contribution in [2.24, 2.45) is 11.8 Å². The summed E-state index contributed by atoms with van der Waals surface area (Å²) in [6.45, 7) is 0.0342. The predicted molar refractivity (Wildman–Crippen MR) is 104 cm³/mol. The van der Waals surface area contributed by atoms with Gasteiger partial charge in [0.15, 0.2) is 0 Å². The van der Waals surface area contributed by atoms with Crippen molar-refractivity contribution in [2.75, 3.05) is 6.61 Å². The van der Waals surface area contributed by atoms with Crippen LogP contribution in [0.3, 0.4) is 0 Å². The molecular weight excluding hydrogens is 363 g/mol. The number of hydrogen-bond acceptors (Lipinski definition) is 4. The SMILES string of the molecule is O=C(O)CCCC=CC[C@H]1C=C[C@@H](O)[C@@H]1C=CC(O)COc1ccc(F)cc1. The summed E-state index contributed by atoms with van der Waals surface area (Å²) in [4.78, 5) is 10.5. The molecule has 0 spiro atoms. The number of halogens is 1. The number of aliphatic hydroxyl groups excluding tert-OH is 2. The summed E-state index contributed by atoms with van der Waals surface area (Å²) in [6.07, 6.45) is 11.9. The van der Waals surface area contributed by atoms with Crippen molar-refractivity contribution in [3.63, 3.8) is 0 Å². The summed E-state index contributed by atoms with van der Waals surface area (Å²) in [5, 5.41) is 28.8. The zero-order valence-corrected chi connectivity index (χ0v) is 15.7. The van der Waals surface area contributed by atoms with Crippen molar-refractivity contribution < 1.29 is 29.2 Å². The molecule has 1 unspecified atom stereocenters. The normalized spacial score (nSPS) is 22.9. The van der Waals surface area contributed by atoms with Gasteiger partial charge in [-0.05, 0) is 49.4 Å². The molecule has 0 aromatic heterocycles. The molecule has 0 saturated heterocycles. The van der Waals surface area contributed by atoms with Gasteiger partial charge in [0.1, 0.15) is 24.3 Å². The van der Waals surface area contributed by atoms with Gasteiger partial charge in [0.05, 0.1) is 6.10 Å². The predicted octanol–water partition coefficient (Wildman–Crippen LogP) is 3.49. The molecule has 0 saturated carbocycles. The van der Waals surface area contributed by atoms with Gasteiger partial charge in [-0.25, -0.2) is 4.39 Å². The second-order valence-electron chi connectivity index (χ2n) is 6.83. The summed E-state index contributed by atoms with van der Waals surface area (Å²) in [5.74, 6) is -0.682. The van der Waals surface area contributed by atoms with E-state index in [1.54, 1.807) is 18.2 Å². The smallest absolute Gasteiger partial charge is 0.303 e. The first kappa shape index (κ1) is 21.9. The number of ether oxygens (including phenoxy) is 1. The van der Waals surface area contributed by atoms with E-state index >= 15 is 0 Å². The van der Waals surface area contributed by atoms with E-state index in [0.29, 0.717) is 18.6 Å². The van der Waals surface area contributed by atoms with Crippen molar-refractivity contribution in [1.29, 1.82) is 0 Å². The maximum Gasteiger partial charge on any atom is 0.303 e. The number of rotatable bonds is 11. The van der Waals surface area contributed by atoms with Crippen LogP contribution in [0.25, 0.3) is 0 Å². The second kappa shape index (κ2) is 11.4. The highest BCUT2D eigenvalue weighted by molar-refractivity contribution is 5.66. The van der Waals surface area contributed by atoms with Crippen LogP contribution in [-0.2, 0) is 4.79 Å². The van der Waals surface area contributed by atoms with E-state index in [2.05, 4.69) is 0 Å². The fourth-order valence-corrected chi connectivity index (χ4v) is 3.03. The Morgan fingerprint density at radius 3 is 2.68 bits per heavy atom. The highest BCUT2D eigenvalue weighted by Crippen LogP contribution is 2.30. The summed E-state index contributed by atoms with van der Waals surface area (Å²) >= 11 is 0. The Bertz CT molecular complexity index is 695. The van der Waals surface area contributed by atoms with E-state index < -0.39 is 18.2 Å². The molecule has 0 aliphatic heterocycles. The molecule has 1 aromatic rings. The molecule has 0 radical (unpaired) electrons. The lowest BCUT2D eigenvalue weighted by Crippen LogP contribution is -2.20. The molecule has 0 fully saturated rings. The van der Waals surface area contributed by atoms with Crippen LogP contribution < -0.4 is 4.74 Å². The molecule has 5 nitrogen and oxygen atoms in total. The minimum Gasteiger partial charge on any atom is -0.491 e. The van der Waals surface area contributed by atoms with Gasteiger partial charge in [-0.15, -0.1) is 0 Å². The number of allylic oxidation sites excluding steroid dienone is 3. The van der Waals surface area contributed by atoms with Crippen molar-refractivity contribution in [3.05, 3.63) is 66.5 Å². The molecule has 4 atom stereocenters. The van der Waals surface area contributed by atoms with Crippen molar-refractivity contribution in [3.8, 4) is 5.75 Å². The first-order chi connectivity index (χ1) is 13.5. The van der Waals surface area contributed by atoms with Crippen molar-refractivity contribution >= 4 is 5.97 Å². The van der Waals surface area contributed by atoms with Gasteiger partial charge in [-0.3, -0.25) is 4.79 Å². The zero-order valence-electron chi connectivity index (χ0n) is 15.7. The first-order valence-electron chi connectivity index (χ1n) is 9.43. The van der Waals surface area contributed by atoms with Gasteiger partial charge < -0.3 is 20.1 Å².